The molecule has 1 rings (SSSR count). The molecule has 0 aliphatic carbocycles. The molecule has 0 aromatic carbocycles. The van der Waals surface area contributed by atoms with Crippen LogP contribution in [0, 0.1) is 0 Å². The van der Waals surface area contributed by atoms with Crippen molar-refractivity contribution in [2.45, 2.75) is 25.1 Å². The Bertz CT molecular complexity index is 130. The van der Waals surface area contributed by atoms with Gasteiger partial charge in [0.15, 0.2) is 0 Å². The van der Waals surface area contributed by atoms with E-state index in [0.717, 1.165) is 11.8 Å². The van der Waals surface area contributed by atoms with Crippen molar-refractivity contribution in [2.75, 3.05) is 32.4 Å². The molecule has 1 N–H and O–H groups in total. The average Bonchev–Trinajstić information content (AvgIpc) is 2.05. The van der Waals surface area contributed by atoms with Gasteiger partial charge in [0, 0.05) is 36.7 Å². The van der Waals surface area contributed by atoms with E-state index in [1.165, 1.54) is 18.8 Å². The normalized spacial score (nSPS) is 28.8. The predicted octanol–water partition coefficient (Wildman–Crippen LogP) is 1.03. The van der Waals surface area contributed by atoms with Gasteiger partial charge in [0.05, 0.1) is 0 Å². The van der Waals surface area contributed by atoms with Crippen molar-refractivity contribution in [3.8, 4) is 0 Å². The predicted molar refractivity (Wildman–Crippen MR) is 56.9 cm³/mol. The van der Waals surface area contributed by atoms with E-state index in [4.69, 9.17) is 0 Å². The Kier molecular flexibility index (Phi) is 4.40. The fourth-order valence-corrected chi connectivity index (χ4v) is 2.71. The Labute approximate surface area is 80.1 Å². The Morgan fingerprint density at radius 2 is 2.42 bits per heavy atom. The third-order valence-electron chi connectivity index (χ3n) is 2.40. The number of thioether (sulfide) groups is 1. The second kappa shape index (κ2) is 5.10. The van der Waals surface area contributed by atoms with Crippen LogP contribution in [-0.2, 0) is 0 Å². The molecule has 0 saturated carbocycles. The zero-order chi connectivity index (χ0) is 8.97. The molecule has 2 atom stereocenters. The van der Waals surface area contributed by atoms with Crippen molar-refractivity contribution in [3.05, 3.63) is 0 Å². The number of nitrogens with zero attached hydrogens (tertiary/aromatic N) is 1. The van der Waals surface area contributed by atoms with Crippen LogP contribution in [0.2, 0.25) is 0 Å². The van der Waals surface area contributed by atoms with E-state index < -0.39 is 0 Å². The van der Waals surface area contributed by atoms with Gasteiger partial charge >= 0.3 is 0 Å². The first-order valence-corrected chi connectivity index (χ1v) is 5.79. The molecule has 3 heteroatoms. The summed E-state index contributed by atoms with van der Waals surface area (Å²) in [5, 5.41) is 4.05. The largest absolute Gasteiger partial charge is 0.318 e. The molecular formula is C9H20N2S. The van der Waals surface area contributed by atoms with E-state index >= 15 is 0 Å². The average molecular weight is 188 g/mol. The van der Waals surface area contributed by atoms with Crippen LogP contribution in [-0.4, -0.2) is 48.6 Å². The van der Waals surface area contributed by atoms with E-state index in [0.29, 0.717) is 6.04 Å². The van der Waals surface area contributed by atoms with Gasteiger partial charge in [0.25, 0.3) is 0 Å². The highest BCUT2D eigenvalue weighted by molar-refractivity contribution is 7.99. The van der Waals surface area contributed by atoms with Crippen LogP contribution in [0.3, 0.4) is 0 Å². The Morgan fingerprint density at radius 1 is 1.67 bits per heavy atom. The number of nitrogens with one attached hydrogen (secondary N) is 1. The molecular weight excluding hydrogens is 168 g/mol. The summed E-state index contributed by atoms with van der Waals surface area (Å²) in [4.78, 5) is 2.58. The first-order valence-electron chi connectivity index (χ1n) is 4.74. The van der Waals surface area contributed by atoms with E-state index in [1.807, 2.05) is 7.05 Å². The molecule has 1 fully saturated rings. The molecule has 0 aromatic rings. The maximum atomic E-state index is 3.23. The van der Waals surface area contributed by atoms with E-state index in [9.17, 15) is 0 Å². The highest BCUT2D eigenvalue weighted by Crippen LogP contribution is 2.18. The zero-order valence-corrected chi connectivity index (χ0v) is 9.16. The molecule has 0 radical (unpaired) electrons. The summed E-state index contributed by atoms with van der Waals surface area (Å²) in [7, 11) is 2.03. The van der Waals surface area contributed by atoms with E-state index in [1.54, 1.807) is 0 Å². The van der Waals surface area contributed by atoms with Crippen molar-refractivity contribution in [3.63, 3.8) is 0 Å². The minimum Gasteiger partial charge on any atom is -0.318 e. The summed E-state index contributed by atoms with van der Waals surface area (Å²) in [6.07, 6.45) is 0. The fourth-order valence-electron chi connectivity index (χ4n) is 1.67. The Hall–Kier alpha value is 0.270. The smallest absolute Gasteiger partial charge is 0.0193 e. The Morgan fingerprint density at radius 3 is 3.00 bits per heavy atom. The van der Waals surface area contributed by atoms with Crippen molar-refractivity contribution in [1.82, 2.24) is 10.2 Å². The summed E-state index contributed by atoms with van der Waals surface area (Å²) in [5.74, 6) is 1.30. The first-order chi connectivity index (χ1) is 5.74. The maximum Gasteiger partial charge on any atom is 0.0193 e. The van der Waals surface area contributed by atoms with Crippen molar-refractivity contribution >= 4 is 11.8 Å². The van der Waals surface area contributed by atoms with Crippen LogP contribution < -0.4 is 5.32 Å². The highest BCUT2D eigenvalue weighted by Gasteiger charge is 2.20. The zero-order valence-electron chi connectivity index (χ0n) is 8.34. The van der Waals surface area contributed by atoms with Crippen LogP contribution in [0.5, 0.6) is 0 Å². The lowest BCUT2D eigenvalue weighted by atomic mass is 10.2. The third kappa shape index (κ3) is 2.96. The molecule has 0 aromatic heterocycles. The lowest BCUT2D eigenvalue weighted by molar-refractivity contribution is 0.216. The molecule has 1 saturated heterocycles. The Balaban J connectivity index is 2.29. The van der Waals surface area contributed by atoms with Crippen LogP contribution in [0.4, 0.5) is 0 Å². The standard InChI is InChI=1S/C9H20N2S/c1-8(6-10-3)11-4-5-12-9(2)7-11/h8-10H,4-7H2,1-3H3. The molecule has 0 bridgehead atoms. The molecule has 72 valence electrons. The maximum absolute atomic E-state index is 3.23. The highest BCUT2D eigenvalue weighted by atomic mass is 32.2. The number of rotatable bonds is 3. The molecule has 1 aliphatic rings. The SMILES string of the molecule is CNCC(C)N1CCSC(C)C1. The van der Waals surface area contributed by atoms with Gasteiger partial charge in [0.1, 0.15) is 0 Å². The number of hydrogen-bond donors (Lipinski definition) is 1. The lowest BCUT2D eigenvalue weighted by Gasteiger charge is -2.35. The van der Waals surface area contributed by atoms with Gasteiger partial charge in [-0.15, -0.1) is 0 Å². The topological polar surface area (TPSA) is 15.3 Å². The summed E-state index contributed by atoms with van der Waals surface area (Å²) < 4.78 is 0. The summed E-state index contributed by atoms with van der Waals surface area (Å²) >= 11 is 2.10. The van der Waals surface area contributed by atoms with Crippen molar-refractivity contribution < 1.29 is 0 Å². The van der Waals surface area contributed by atoms with Crippen LogP contribution in [0.25, 0.3) is 0 Å². The monoisotopic (exact) mass is 188 g/mol. The minimum atomic E-state index is 0.693. The summed E-state index contributed by atoms with van der Waals surface area (Å²) in [6, 6.07) is 0.693. The minimum absolute atomic E-state index is 0.693. The van der Waals surface area contributed by atoms with E-state index in [-0.39, 0.29) is 0 Å². The van der Waals surface area contributed by atoms with Gasteiger partial charge in [-0.25, -0.2) is 0 Å². The van der Waals surface area contributed by atoms with Gasteiger partial charge in [0.2, 0.25) is 0 Å². The van der Waals surface area contributed by atoms with Gasteiger partial charge in [-0.3, -0.25) is 4.90 Å². The van der Waals surface area contributed by atoms with Crippen LogP contribution in [0.15, 0.2) is 0 Å². The molecule has 0 amide bonds. The lowest BCUT2D eigenvalue weighted by Crippen LogP contribution is -2.46. The third-order valence-corrected chi connectivity index (χ3v) is 3.53. The van der Waals surface area contributed by atoms with Gasteiger partial charge in [-0.2, -0.15) is 11.8 Å². The van der Waals surface area contributed by atoms with Gasteiger partial charge in [-0.05, 0) is 14.0 Å². The van der Waals surface area contributed by atoms with Crippen LogP contribution >= 0.6 is 11.8 Å². The molecule has 0 spiro atoms. The molecule has 1 aliphatic heterocycles. The quantitative estimate of drug-likeness (QED) is 0.712. The molecule has 2 unspecified atom stereocenters. The van der Waals surface area contributed by atoms with Gasteiger partial charge in [-0.1, -0.05) is 6.92 Å². The van der Waals surface area contributed by atoms with Crippen molar-refractivity contribution in [2.24, 2.45) is 0 Å². The second-order valence-electron chi connectivity index (χ2n) is 3.58. The molecule has 2 nitrogen and oxygen atoms in total. The van der Waals surface area contributed by atoms with Crippen molar-refractivity contribution in [1.29, 1.82) is 0 Å². The number of likely N-dealkylation sites (N-methyl/N-ethyl adjacent to an activating group) is 1. The molecule has 1 heterocycles. The summed E-state index contributed by atoms with van der Waals surface area (Å²) in [5.41, 5.74) is 0. The number of hydrogen-bond acceptors (Lipinski definition) is 3. The fraction of sp³-hybridized carbons (Fsp3) is 1.00. The summed E-state index contributed by atoms with van der Waals surface area (Å²) in [6.45, 7) is 8.25. The van der Waals surface area contributed by atoms with Crippen LogP contribution in [0.1, 0.15) is 13.8 Å². The van der Waals surface area contributed by atoms with E-state index in [2.05, 4.69) is 35.8 Å². The first kappa shape index (κ1) is 10.4. The second-order valence-corrected chi connectivity index (χ2v) is 5.13. The molecule has 12 heavy (non-hydrogen) atoms. The van der Waals surface area contributed by atoms with Gasteiger partial charge < -0.3 is 5.32 Å².